The zero-order valence-electron chi connectivity index (χ0n) is 24.9. The Kier molecular flexibility index (Phi) is 9.86. The van der Waals surface area contributed by atoms with Gasteiger partial charge in [-0.1, -0.05) is 89.3 Å². The maximum absolute atomic E-state index is 14.2. The van der Waals surface area contributed by atoms with E-state index in [1.165, 1.54) is 22.7 Å². The third-order valence-electron chi connectivity index (χ3n) is 7.29. The van der Waals surface area contributed by atoms with Gasteiger partial charge in [0.25, 0.3) is 5.78 Å². The smallest absolute Gasteiger partial charge is 0.301 e. The van der Waals surface area contributed by atoms with Crippen LogP contribution in [0, 0.1) is 5.82 Å². The number of ketones is 1. The van der Waals surface area contributed by atoms with Crippen molar-refractivity contribution in [2.24, 2.45) is 0 Å². The molecular formula is C35H27ClFN3O5S2. The Morgan fingerprint density at radius 2 is 1.70 bits per heavy atom. The Morgan fingerprint density at radius 1 is 0.957 bits per heavy atom. The lowest BCUT2D eigenvalue weighted by atomic mass is 9.95. The van der Waals surface area contributed by atoms with Gasteiger partial charge in [-0.3, -0.25) is 14.5 Å². The fourth-order valence-corrected chi connectivity index (χ4v) is 7.02. The zero-order chi connectivity index (χ0) is 32.9. The van der Waals surface area contributed by atoms with Crippen LogP contribution < -0.4 is 14.4 Å². The van der Waals surface area contributed by atoms with Crippen molar-refractivity contribution >= 4 is 57.3 Å². The van der Waals surface area contributed by atoms with E-state index in [2.05, 4.69) is 10.2 Å². The second kappa shape index (κ2) is 14.4. The highest BCUT2D eigenvalue weighted by molar-refractivity contribution is 8.00. The van der Waals surface area contributed by atoms with E-state index in [0.717, 1.165) is 16.9 Å². The summed E-state index contributed by atoms with van der Waals surface area (Å²) in [5.41, 5.74) is 2.12. The first-order chi connectivity index (χ1) is 22.8. The summed E-state index contributed by atoms with van der Waals surface area (Å²) in [5.74, 6) is -1.31. The van der Waals surface area contributed by atoms with Gasteiger partial charge >= 0.3 is 5.91 Å². The summed E-state index contributed by atoms with van der Waals surface area (Å²) in [6.07, 6.45) is 0. The first kappa shape index (κ1) is 32.2. The van der Waals surface area contributed by atoms with Gasteiger partial charge in [-0.15, -0.1) is 10.2 Å². The number of carbonyl (C=O) groups is 2. The molecule has 0 bridgehead atoms. The zero-order valence-corrected chi connectivity index (χ0v) is 27.3. The summed E-state index contributed by atoms with van der Waals surface area (Å²) < 4.78 is 26.7. The molecule has 8 nitrogen and oxygen atoms in total. The van der Waals surface area contributed by atoms with Gasteiger partial charge < -0.3 is 14.6 Å². The molecule has 0 spiro atoms. The van der Waals surface area contributed by atoms with Crippen molar-refractivity contribution in [1.29, 1.82) is 0 Å². The molecule has 1 amide bonds. The van der Waals surface area contributed by atoms with E-state index in [-0.39, 0.29) is 22.3 Å². The van der Waals surface area contributed by atoms with E-state index < -0.39 is 17.7 Å². The molecule has 238 valence electrons. The second-order valence-corrected chi connectivity index (χ2v) is 12.9. The van der Waals surface area contributed by atoms with Gasteiger partial charge in [0.15, 0.2) is 15.8 Å². The molecule has 1 fully saturated rings. The topological polar surface area (TPSA) is 102 Å². The molecule has 1 aliphatic heterocycles. The standard InChI is InChI=1S/C35H27ClFN3O5S2/c1-2-44-28-18-23(14-17-27(28)45-19-21-8-4-3-5-9-21)30-29(31(41)22-12-15-25(36)16-13-22)32(42)33(43)40(30)34-38-39-35(47-34)46-20-24-10-6-7-11-26(24)37/h3-18,30,41H,2,19-20H2,1H3. The molecule has 12 heteroatoms. The minimum Gasteiger partial charge on any atom is -0.507 e. The molecule has 1 atom stereocenters. The van der Waals surface area contributed by atoms with Gasteiger partial charge in [-0.2, -0.15) is 0 Å². The Labute approximate surface area is 283 Å². The number of ether oxygens (including phenoxy) is 2. The van der Waals surface area contributed by atoms with Crippen molar-refractivity contribution in [3.8, 4) is 11.5 Å². The van der Waals surface area contributed by atoms with Gasteiger partial charge in [-0.05, 0) is 66.1 Å². The highest BCUT2D eigenvalue weighted by Crippen LogP contribution is 2.46. The second-order valence-electron chi connectivity index (χ2n) is 10.3. The van der Waals surface area contributed by atoms with Crippen LogP contribution in [-0.4, -0.2) is 33.6 Å². The first-order valence-corrected chi connectivity index (χ1v) is 16.7. The fourth-order valence-electron chi connectivity index (χ4n) is 5.04. The molecule has 2 heterocycles. The number of aliphatic hydroxyl groups excluding tert-OH is 1. The number of thioether (sulfide) groups is 1. The number of carbonyl (C=O) groups excluding carboxylic acids is 2. The van der Waals surface area contributed by atoms with Gasteiger partial charge in [0.05, 0.1) is 18.2 Å². The minimum atomic E-state index is -1.08. The number of nitrogens with zero attached hydrogens (tertiary/aromatic N) is 3. The van der Waals surface area contributed by atoms with Crippen LogP contribution in [0.5, 0.6) is 11.5 Å². The van der Waals surface area contributed by atoms with Crippen molar-refractivity contribution in [3.05, 3.63) is 136 Å². The third kappa shape index (κ3) is 7.02. The predicted molar refractivity (Wildman–Crippen MR) is 180 cm³/mol. The molecule has 1 aromatic heterocycles. The molecule has 1 N–H and O–H groups in total. The minimum absolute atomic E-state index is 0.131. The highest BCUT2D eigenvalue weighted by Gasteiger charge is 2.48. The third-order valence-corrected chi connectivity index (χ3v) is 9.65. The molecule has 1 saturated heterocycles. The first-order valence-electron chi connectivity index (χ1n) is 14.5. The largest absolute Gasteiger partial charge is 0.507 e. The SMILES string of the molecule is CCOc1cc(C2C(=C(O)c3ccc(Cl)cc3)C(=O)C(=O)N2c2nnc(SCc3ccccc3F)s2)ccc1OCc1ccccc1. The van der Waals surface area contributed by atoms with Crippen molar-refractivity contribution in [1.82, 2.24) is 10.2 Å². The van der Waals surface area contributed by atoms with Gasteiger partial charge in [0.1, 0.15) is 18.2 Å². The lowest BCUT2D eigenvalue weighted by molar-refractivity contribution is -0.132. The number of hydrogen-bond donors (Lipinski definition) is 1. The van der Waals surface area contributed by atoms with Crippen molar-refractivity contribution in [3.63, 3.8) is 0 Å². The number of rotatable bonds is 11. The van der Waals surface area contributed by atoms with Crippen LogP contribution in [0.4, 0.5) is 9.52 Å². The molecular weight excluding hydrogens is 661 g/mol. The average Bonchev–Trinajstić information content (AvgIpc) is 3.66. The molecule has 4 aromatic carbocycles. The van der Waals surface area contributed by atoms with E-state index in [4.69, 9.17) is 21.1 Å². The van der Waals surface area contributed by atoms with E-state index in [0.29, 0.717) is 56.5 Å². The quantitative estimate of drug-likeness (QED) is 0.0487. The van der Waals surface area contributed by atoms with Crippen molar-refractivity contribution in [2.75, 3.05) is 11.5 Å². The van der Waals surface area contributed by atoms with E-state index in [1.807, 2.05) is 37.3 Å². The Balaban J connectivity index is 1.39. The van der Waals surface area contributed by atoms with Crippen LogP contribution in [0.2, 0.25) is 5.02 Å². The lowest BCUT2D eigenvalue weighted by Gasteiger charge is -2.23. The van der Waals surface area contributed by atoms with Gasteiger partial charge in [-0.25, -0.2) is 4.39 Å². The van der Waals surface area contributed by atoms with Crippen LogP contribution in [-0.2, 0) is 21.9 Å². The maximum atomic E-state index is 14.2. The molecule has 47 heavy (non-hydrogen) atoms. The van der Waals surface area contributed by atoms with Gasteiger partial charge in [0.2, 0.25) is 5.13 Å². The number of benzene rings is 4. The maximum Gasteiger partial charge on any atom is 0.301 e. The molecule has 6 rings (SSSR count). The predicted octanol–water partition coefficient (Wildman–Crippen LogP) is 8.23. The van der Waals surface area contributed by atoms with Crippen LogP contribution >= 0.6 is 34.7 Å². The number of halogens is 2. The lowest BCUT2D eigenvalue weighted by Crippen LogP contribution is -2.29. The van der Waals surface area contributed by atoms with Crippen LogP contribution in [0.15, 0.2) is 107 Å². The van der Waals surface area contributed by atoms with E-state index >= 15 is 0 Å². The summed E-state index contributed by atoms with van der Waals surface area (Å²) in [6, 6.07) is 26.4. The molecule has 1 aliphatic rings. The summed E-state index contributed by atoms with van der Waals surface area (Å²) in [4.78, 5) is 28.6. The number of anilines is 1. The summed E-state index contributed by atoms with van der Waals surface area (Å²) >= 11 is 8.41. The molecule has 1 unspecified atom stereocenters. The monoisotopic (exact) mass is 687 g/mol. The van der Waals surface area contributed by atoms with Crippen molar-refractivity contribution in [2.45, 2.75) is 29.7 Å². The number of aliphatic hydroxyl groups is 1. The fraction of sp³-hybridized carbons (Fsp3) is 0.143. The van der Waals surface area contributed by atoms with Crippen LogP contribution in [0.25, 0.3) is 5.76 Å². The number of amides is 1. The number of hydrogen-bond acceptors (Lipinski definition) is 9. The van der Waals surface area contributed by atoms with Crippen LogP contribution in [0.1, 0.15) is 35.2 Å². The molecule has 0 radical (unpaired) electrons. The number of aromatic nitrogens is 2. The summed E-state index contributed by atoms with van der Waals surface area (Å²) in [6.45, 7) is 2.46. The van der Waals surface area contributed by atoms with Crippen molar-refractivity contribution < 1.29 is 28.6 Å². The Hall–Kier alpha value is -4.71. The summed E-state index contributed by atoms with van der Waals surface area (Å²) in [7, 11) is 0. The molecule has 0 saturated carbocycles. The normalized spacial score (nSPS) is 15.6. The Morgan fingerprint density at radius 3 is 2.45 bits per heavy atom. The van der Waals surface area contributed by atoms with Crippen LogP contribution in [0.3, 0.4) is 0 Å². The Bertz CT molecular complexity index is 1950. The average molecular weight is 688 g/mol. The summed E-state index contributed by atoms with van der Waals surface area (Å²) in [5, 5.41) is 20.5. The highest BCUT2D eigenvalue weighted by atomic mass is 35.5. The molecule has 5 aromatic rings. The van der Waals surface area contributed by atoms with E-state index in [1.54, 1.807) is 60.7 Å². The number of Topliss-reactive ketones (excluding diaryl/α,β-unsaturated/α-hetero) is 1. The van der Waals surface area contributed by atoms with Gasteiger partial charge in [0, 0.05) is 16.3 Å². The molecule has 0 aliphatic carbocycles. The van der Waals surface area contributed by atoms with E-state index in [9.17, 15) is 19.1 Å².